The molecule has 4 rings (SSSR count). The highest BCUT2D eigenvalue weighted by molar-refractivity contribution is 5.89. The predicted molar refractivity (Wildman–Crippen MR) is 139 cm³/mol. The Morgan fingerprint density at radius 2 is 1.91 bits per heavy atom. The second kappa shape index (κ2) is 10.6. The first-order valence-electron chi connectivity index (χ1n) is 12.5. The first-order valence-corrected chi connectivity index (χ1v) is 12.5. The van der Waals surface area contributed by atoms with Crippen molar-refractivity contribution in [2.75, 3.05) is 10.6 Å². The summed E-state index contributed by atoms with van der Waals surface area (Å²) < 4.78 is 7.25. The average molecular weight is 480 g/mol. The molecule has 3 aromatic rings. The number of nitrogens with zero attached hydrogens (tertiary/aromatic N) is 4. The number of hydrogen-bond donors (Lipinski definition) is 3. The first kappa shape index (κ1) is 24.9. The molecule has 2 heterocycles. The van der Waals surface area contributed by atoms with Crippen LogP contribution in [0.15, 0.2) is 24.3 Å². The molecule has 9 heteroatoms. The predicted octanol–water partition coefficient (Wildman–Crippen LogP) is 4.75. The Hall–Kier alpha value is -3.20. The molecule has 188 valence electrons. The third-order valence-electron chi connectivity index (χ3n) is 6.33. The van der Waals surface area contributed by atoms with E-state index in [4.69, 9.17) is 25.5 Å². The minimum absolute atomic E-state index is 0.153. The number of hydrogen-bond acceptors (Lipinski definition) is 8. The number of ether oxygens (including phenoxy) is 1. The van der Waals surface area contributed by atoms with Gasteiger partial charge >= 0.3 is 5.97 Å². The van der Waals surface area contributed by atoms with Crippen molar-refractivity contribution in [2.45, 2.75) is 90.9 Å². The summed E-state index contributed by atoms with van der Waals surface area (Å²) in [6.07, 6.45) is 4.03. The monoisotopic (exact) mass is 479 g/mol. The van der Waals surface area contributed by atoms with E-state index in [0.717, 1.165) is 53.8 Å². The number of benzene rings is 1. The van der Waals surface area contributed by atoms with E-state index < -0.39 is 0 Å². The van der Waals surface area contributed by atoms with Gasteiger partial charge in [0, 0.05) is 31.6 Å². The SMILES string of the molecule is CC(=O)Oc1cccc(CNc2nc(NC3CCC(N)CC3)nc3c(C(C)C)nn(C(C)C)c23)c1. The number of carbonyl (C=O) groups excluding carboxylic acids is 1. The Morgan fingerprint density at radius 3 is 2.57 bits per heavy atom. The Kier molecular flexibility index (Phi) is 7.54. The Labute approximate surface area is 206 Å². The number of nitrogens with one attached hydrogen (secondary N) is 2. The number of rotatable bonds is 8. The van der Waals surface area contributed by atoms with E-state index in [-0.39, 0.29) is 24.0 Å². The van der Waals surface area contributed by atoms with Crippen LogP contribution >= 0.6 is 0 Å². The molecule has 1 aromatic carbocycles. The van der Waals surface area contributed by atoms with E-state index in [0.29, 0.717) is 24.3 Å². The molecule has 4 N–H and O–H groups in total. The normalized spacial score (nSPS) is 18.3. The Balaban J connectivity index is 1.69. The molecule has 1 fully saturated rings. The van der Waals surface area contributed by atoms with Crippen molar-refractivity contribution in [1.29, 1.82) is 0 Å². The molecule has 9 nitrogen and oxygen atoms in total. The molecule has 2 aromatic heterocycles. The molecule has 0 unspecified atom stereocenters. The summed E-state index contributed by atoms with van der Waals surface area (Å²) in [7, 11) is 0. The van der Waals surface area contributed by atoms with Crippen molar-refractivity contribution < 1.29 is 9.53 Å². The molecular weight excluding hydrogens is 442 g/mol. The fourth-order valence-electron chi connectivity index (χ4n) is 4.53. The molecule has 0 saturated heterocycles. The topological polar surface area (TPSA) is 120 Å². The lowest BCUT2D eigenvalue weighted by molar-refractivity contribution is -0.131. The highest BCUT2D eigenvalue weighted by Gasteiger charge is 2.24. The lowest BCUT2D eigenvalue weighted by atomic mass is 9.92. The summed E-state index contributed by atoms with van der Waals surface area (Å²) in [5.41, 5.74) is 9.81. The summed E-state index contributed by atoms with van der Waals surface area (Å²) in [5.74, 6) is 1.75. The van der Waals surface area contributed by atoms with Crippen LogP contribution in [0.3, 0.4) is 0 Å². The molecule has 1 aliphatic carbocycles. The van der Waals surface area contributed by atoms with Crippen molar-refractivity contribution in [3.8, 4) is 5.75 Å². The van der Waals surface area contributed by atoms with Gasteiger partial charge in [0.25, 0.3) is 0 Å². The van der Waals surface area contributed by atoms with Crippen LogP contribution < -0.4 is 21.1 Å². The zero-order valence-electron chi connectivity index (χ0n) is 21.3. The maximum Gasteiger partial charge on any atom is 0.308 e. The molecule has 0 spiro atoms. The van der Waals surface area contributed by atoms with E-state index in [1.165, 1.54) is 6.92 Å². The largest absolute Gasteiger partial charge is 0.427 e. The van der Waals surface area contributed by atoms with Crippen LogP contribution in [-0.2, 0) is 11.3 Å². The van der Waals surface area contributed by atoms with Gasteiger partial charge in [0.15, 0.2) is 5.82 Å². The number of nitrogens with two attached hydrogens (primary N) is 1. The van der Waals surface area contributed by atoms with Crippen LogP contribution in [0.5, 0.6) is 5.75 Å². The van der Waals surface area contributed by atoms with Crippen LogP contribution in [-0.4, -0.2) is 37.8 Å². The van der Waals surface area contributed by atoms with Gasteiger partial charge in [-0.1, -0.05) is 26.0 Å². The molecule has 0 aliphatic heterocycles. The summed E-state index contributed by atoms with van der Waals surface area (Å²) in [6.45, 7) is 10.4. The van der Waals surface area contributed by atoms with Crippen molar-refractivity contribution in [3.05, 3.63) is 35.5 Å². The van der Waals surface area contributed by atoms with Crippen molar-refractivity contribution in [2.24, 2.45) is 5.73 Å². The number of carbonyl (C=O) groups is 1. The van der Waals surface area contributed by atoms with Crippen LogP contribution in [0, 0.1) is 0 Å². The Morgan fingerprint density at radius 1 is 1.17 bits per heavy atom. The minimum atomic E-state index is -0.339. The van der Waals surface area contributed by atoms with Crippen LogP contribution in [0.1, 0.15) is 83.5 Å². The van der Waals surface area contributed by atoms with Gasteiger partial charge in [-0.05, 0) is 63.1 Å². The first-order chi connectivity index (χ1) is 16.7. The molecule has 35 heavy (non-hydrogen) atoms. The highest BCUT2D eigenvalue weighted by atomic mass is 16.5. The third-order valence-corrected chi connectivity index (χ3v) is 6.33. The maximum atomic E-state index is 11.3. The lowest BCUT2D eigenvalue weighted by Crippen LogP contribution is -2.33. The van der Waals surface area contributed by atoms with E-state index in [1.807, 2.05) is 22.9 Å². The average Bonchev–Trinajstić information content (AvgIpc) is 3.19. The van der Waals surface area contributed by atoms with Gasteiger partial charge in [-0.2, -0.15) is 10.1 Å². The van der Waals surface area contributed by atoms with Crippen LogP contribution in [0.4, 0.5) is 11.8 Å². The van der Waals surface area contributed by atoms with E-state index in [2.05, 4.69) is 38.3 Å². The van der Waals surface area contributed by atoms with Crippen LogP contribution in [0.25, 0.3) is 11.0 Å². The van der Waals surface area contributed by atoms with Gasteiger partial charge < -0.3 is 21.1 Å². The lowest BCUT2D eigenvalue weighted by Gasteiger charge is -2.27. The van der Waals surface area contributed by atoms with Crippen LogP contribution in [0.2, 0.25) is 0 Å². The van der Waals surface area contributed by atoms with Gasteiger partial charge in [-0.3, -0.25) is 9.48 Å². The molecule has 0 amide bonds. The quantitative estimate of drug-likeness (QED) is 0.313. The summed E-state index contributed by atoms with van der Waals surface area (Å²) in [4.78, 5) is 21.2. The summed E-state index contributed by atoms with van der Waals surface area (Å²) >= 11 is 0. The highest BCUT2D eigenvalue weighted by Crippen LogP contribution is 2.32. The van der Waals surface area contributed by atoms with Crippen molar-refractivity contribution >= 4 is 28.8 Å². The van der Waals surface area contributed by atoms with E-state index >= 15 is 0 Å². The fourth-order valence-corrected chi connectivity index (χ4v) is 4.53. The molecule has 1 aliphatic rings. The zero-order chi connectivity index (χ0) is 25.1. The smallest absolute Gasteiger partial charge is 0.308 e. The van der Waals surface area contributed by atoms with Gasteiger partial charge in [-0.15, -0.1) is 0 Å². The van der Waals surface area contributed by atoms with Crippen molar-refractivity contribution in [3.63, 3.8) is 0 Å². The van der Waals surface area contributed by atoms with Gasteiger partial charge in [0.1, 0.15) is 16.8 Å². The fraction of sp³-hybridized carbons (Fsp3) is 0.538. The van der Waals surface area contributed by atoms with Gasteiger partial charge in [0.05, 0.1) is 5.69 Å². The van der Waals surface area contributed by atoms with Gasteiger partial charge in [0.2, 0.25) is 5.95 Å². The van der Waals surface area contributed by atoms with E-state index in [9.17, 15) is 4.79 Å². The standard InChI is InChI=1S/C26H37N7O2/c1-15(2)22-23-24(33(32-22)16(3)4)25(28-14-18-7-6-8-21(13-18)35-17(5)34)31-26(30-23)29-20-11-9-19(27)10-12-20/h6-8,13,15-16,19-20H,9-12,14,27H2,1-5H3,(H2,28,29,30,31). The number of aromatic nitrogens is 4. The maximum absolute atomic E-state index is 11.3. The van der Waals surface area contributed by atoms with Gasteiger partial charge in [-0.25, -0.2) is 4.98 Å². The zero-order valence-corrected chi connectivity index (χ0v) is 21.3. The molecular formula is C26H37N7O2. The molecule has 1 saturated carbocycles. The third kappa shape index (κ3) is 5.90. The van der Waals surface area contributed by atoms with E-state index in [1.54, 1.807) is 6.07 Å². The molecule has 0 atom stereocenters. The Bertz CT molecular complexity index is 1180. The molecule has 0 bridgehead atoms. The number of fused-ring (bicyclic) bond motifs is 1. The second-order valence-electron chi connectivity index (χ2n) is 10.0. The minimum Gasteiger partial charge on any atom is -0.427 e. The summed E-state index contributed by atoms with van der Waals surface area (Å²) in [6, 6.07) is 8.24. The summed E-state index contributed by atoms with van der Waals surface area (Å²) in [5, 5.41) is 12.0. The number of esters is 1. The second-order valence-corrected chi connectivity index (χ2v) is 10.0. The number of anilines is 2. The van der Waals surface area contributed by atoms with Crippen molar-refractivity contribution in [1.82, 2.24) is 19.7 Å². The molecule has 0 radical (unpaired) electrons.